The molecule has 0 radical (unpaired) electrons. The molecule has 0 heterocycles. The normalized spacial score (nSPS) is 18.4. The van der Waals surface area contributed by atoms with E-state index in [0.717, 1.165) is 25.7 Å². The van der Waals surface area contributed by atoms with Crippen LogP contribution in [0.3, 0.4) is 0 Å². The quantitative estimate of drug-likeness (QED) is 0.511. The number of nitrogens with two attached hydrogens (primary N) is 1. The van der Waals surface area contributed by atoms with Crippen molar-refractivity contribution in [2.45, 2.75) is 58.0 Å². The van der Waals surface area contributed by atoms with Crippen LogP contribution in [0.15, 0.2) is 0 Å². The van der Waals surface area contributed by atoms with Crippen molar-refractivity contribution in [3.63, 3.8) is 0 Å². The zero-order valence-electron chi connectivity index (χ0n) is 11.4. The summed E-state index contributed by atoms with van der Waals surface area (Å²) in [6.45, 7) is 5.36. The Morgan fingerprint density at radius 3 is 2.28 bits per heavy atom. The van der Waals surface area contributed by atoms with Gasteiger partial charge in [0.05, 0.1) is 6.54 Å². The van der Waals surface area contributed by atoms with Crippen molar-refractivity contribution in [2.75, 3.05) is 6.54 Å². The molecule has 1 aliphatic carbocycles. The van der Waals surface area contributed by atoms with Gasteiger partial charge in [-0.25, -0.2) is 0 Å². The van der Waals surface area contributed by atoms with Crippen molar-refractivity contribution in [3.05, 3.63) is 0 Å². The zero-order chi connectivity index (χ0) is 14.0. The fraction of sp³-hybridized carbons (Fsp3) is 0.909. The third-order valence-corrected chi connectivity index (χ3v) is 4.72. The molecule has 1 aliphatic rings. The van der Waals surface area contributed by atoms with E-state index in [1.807, 2.05) is 0 Å². The van der Waals surface area contributed by atoms with Crippen LogP contribution in [0.4, 0.5) is 0 Å². The average molecular weight is 276 g/mol. The third-order valence-electron chi connectivity index (χ3n) is 2.80. The summed E-state index contributed by atoms with van der Waals surface area (Å²) < 4.78 is 28.6. The summed E-state index contributed by atoms with van der Waals surface area (Å²) in [5.41, 5.74) is 4.84. The van der Waals surface area contributed by atoms with Crippen LogP contribution >= 0.6 is 0 Å². The Hall–Kier alpha value is -0.660. The maximum atomic E-state index is 12.3. The molecule has 0 unspecified atom stereocenters. The van der Waals surface area contributed by atoms with E-state index in [9.17, 15) is 8.42 Å². The highest BCUT2D eigenvalue weighted by Gasteiger charge is 2.34. The van der Waals surface area contributed by atoms with Crippen LogP contribution in [0.2, 0.25) is 0 Å². The molecule has 0 amide bonds. The van der Waals surface area contributed by atoms with Gasteiger partial charge in [0.15, 0.2) is 0 Å². The van der Waals surface area contributed by atoms with E-state index in [2.05, 4.69) is 4.72 Å². The van der Waals surface area contributed by atoms with E-state index >= 15 is 0 Å². The Morgan fingerprint density at radius 2 is 1.89 bits per heavy atom. The average Bonchev–Trinajstić information content (AvgIpc) is 2.61. The van der Waals surface area contributed by atoms with E-state index in [4.69, 9.17) is 11.1 Å². The molecule has 0 aromatic carbocycles. The van der Waals surface area contributed by atoms with Crippen LogP contribution in [0.25, 0.3) is 0 Å². The van der Waals surface area contributed by atoms with Gasteiger partial charge in [-0.2, -0.15) is 17.4 Å². The lowest BCUT2D eigenvalue weighted by atomic mass is 10.1. The van der Waals surface area contributed by atoms with Crippen LogP contribution in [0.1, 0.15) is 46.5 Å². The van der Waals surface area contributed by atoms with Crippen molar-refractivity contribution in [1.29, 1.82) is 5.41 Å². The van der Waals surface area contributed by atoms with Gasteiger partial charge in [-0.3, -0.25) is 5.41 Å². The van der Waals surface area contributed by atoms with E-state index in [-0.39, 0.29) is 18.4 Å². The highest BCUT2D eigenvalue weighted by atomic mass is 32.2. The number of hydrogen-bond donors (Lipinski definition) is 3. The number of amidine groups is 1. The lowest BCUT2D eigenvalue weighted by molar-refractivity contribution is 0.337. The van der Waals surface area contributed by atoms with E-state index in [1.54, 1.807) is 20.8 Å². The molecule has 0 aromatic rings. The van der Waals surface area contributed by atoms with Gasteiger partial charge in [-0.15, -0.1) is 0 Å². The van der Waals surface area contributed by atoms with Crippen LogP contribution in [-0.4, -0.2) is 36.7 Å². The first-order valence-electron chi connectivity index (χ1n) is 6.25. The van der Waals surface area contributed by atoms with E-state index in [0.29, 0.717) is 0 Å². The highest BCUT2D eigenvalue weighted by Crippen LogP contribution is 2.25. The number of nitrogens with zero attached hydrogens (tertiary/aromatic N) is 1. The second-order valence-corrected chi connectivity index (χ2v) is 7.49. The monoisotopic (exact) mass is 276 g/mol. The predicted molar refractivity (Wildman–Crippen MR) is 72.7 cm³/mol. The molecule has 6 nitrogen and oxygen atoms in total. The molecule has 106 valence electrons. The van der Waals surface area contributed by atoms with Gasteiger partial charge < -0.3 is 5.73 Å². The Morgan fingerprint density at radius 1 is 1.39 bits per heavy atom. The van der Waals surface area contributed by atoms with Crippen LogP contribution in [-0.2, 0) is 10.2 Å². The SMILES string of the molecule is CC(C)(C)NS(=O)(=O)N(CC(=N)N)C1CCCC1. The van der Waals surface area contributed by atoms with Gasteiger partial charge >= 0.3 is 0 Å². The molecule has 1 fully saturated rings. The molecular formula is C11H24N4O2S. The Labute approximate surface area is 110 Å². The number of rotatable bonds is 5. The first kappa shape index (κ1) is 15.4. The molecule has 0 aromatic heterocycles. The predicted octanol–water partition coefficient (Wildman–Crippen LogP) is 0.800. The first-order chi connectivity index (χ1) is 8.12. The summed E-state index contributed by atoms with van der Waals surface area (Å²) in [5.74, 6) is -0.124. The fourth-order valence-corrected chi connectivity index (χ4v) is 4.02. The van der Waals surface area contributed by atoms with Gasteiger partial charge in [-0.05, 0) is 33.6 Å². The molecule has 1 rings (SSSR count). The minimum absolute atomic E-state index is 0.0317. The molecule has 0 spiro atoms. The molecule has 0 saturated heterocycles. The summed E-state index contributed by atoms with van der Waals surface area (Å²) in [6, 6.07) is -0.0336. The summed E-state index contributed by atoms with van der Waals surface area (Å²) in [6.07, 6.45) is 3.75. The topological polar surface area (TPSA) is 99.3 Å². The Balaban J connectivity index is 2.90. The Kier molecular flexibility index (Phi) is 4.74. The Bertz CT molecular complexity index is 394. The standard InChI is InChI=1S/C11H24N4O2S/c1-11(2,3)14-18(16,17)15(8-10(12)13)9-6-4-5-7-9/h9,14H,4-8H2,1-3H3,(H3,12,13). The molecule has 1 saturated carbocycles. The second-order valence-electron chi connectivity index (χ2n) is 5.87. The van der Waals surface area contributed by atoms with Gasteiger partial charge in [0.1, 0.15) is 5.84 Å². The summed E-state index contributed by atoms with van der Waals surface area (Å²) in [7, 11) is -3.60. The lowest BCUT2D eigenvalue weighted by Gasteiger charge is -2.31. The maximum absolute atomic E-state index is 12.3. The smallest absolute Gasteiger partial charge is 0.280 e. The number of nitrogens with one attached hydrogen (secondary N) is 2. The van der Waals surface area contributed by atoms with Crippen molar-refractivity contribution in [1.82, 2.24) is 9.03 Å². The molecule has 7 heteroatoms. The van der Waals surface area contributed by atoms with Gasteiger partial charge in [0.25, 0.3) is 10.2 Å². The molecule has 0 bridgehead atoms. The van der Waals surface area contributed by atoms with Crippen LogP contribution in [0.5, 0.6) is 0 Å². The van der Waals surface area contributed by atoms with E-state index < -0.39 is 15.7 Å². The lowest BCUT2D eigenvalue weighted by Crippen LogP contribution is -2.53. The molecule has 4 N–H and O–H groups in total. The maximum Gasteiger partial charge on any atom is 0.280 e. The van der Waals surface area contributed by atoms with Crippen LogP contribution < -0.4 is 10.5 Å². The minimum atomic E-state index is -3.60. The number of hydrogen-bond acceptors (Lipinski definition) is 3. The van der Waals surface area contributed by atoms with Crippen LogP contribution in [0, 0.1) is 5.41 Å². The van der Waals surface area contributed by atoms with E-state index in [1.165, 1.54) is 4.31 Å². The second kappa shape index (κ2) is 5.54. The zero-order valence-corrected chi connectivity index (χ0v) is 12.2. The first-order valence-corrected chi connectivity index (χ1v) is 7.69. The molecular weight excluding hydrogens is 252 g/mol. The van der Waals surface area contributed by atoms with Gasteiger partial charge in [0, 0.05) is 11.6 Å². The minimum Gasteiger partial charge on any atom is -0.387 e. The summed E-state index contributed by atoms with van der Waals surface area (Å²) >= 11 is 0. The van der Waals surface area contributed by atoms with Gasteiger partial charge in [-0.1, -0.05) is 12.8 Å². The van der Waals surface area contributed by atoms with Crippen molar-refractivity contribution in [2.24, 2.45) is 5.73 Å². The van der Waals surface area contributed by atoms with Gasteiger partial charge in [0.2, 0.25) is 0 Å². The summed E-state index contributed by atoms with van der Waals surface area (Å²) in [5, 5.41) is 7.34. The molecule has 0 aliphatic heterocycles. The van der Waals surface area contributed by atoms with Crippen molar-refractivity contribution >= 4 is 16.0 Å². The molecule has 18 heavy (non-hydrogen) atoms. The van der Waals surface area contributed by atoms with Crippen molar-refractivity contribution < 1.29 is 8.42 Å². The fourth-order valence-electron chi connectivity index (χ4n) is 2.22. The third kappa shape index (κ3) is 4.55. The highest BCUT2D eigenvalue weighted by molar-refractivity contribution is 7.87. The van der Waals surface area contributed by atoms with Crippen molar-refractivity contribution in [3.8, 4) is 0 Å². The summed E-state index contributed by atoms with van der Waals surface area (Å²) in [4.78, 5) is 0. The molecule has 0 atom stereocenters. The largest absolute Gasteiger partial charge is 0.387 e.